The summed E-state index contributed by atoms with van der Waals surface area (Å²) in [7, 11) is 0. The van der Waals surface area contributed by atoms with E-state index in [1.165, 1.54) is 0 Å². The number of amides is 2. The van der Waals surface area contributed by atoms with Crippen molar-refractivity contribution in [1.29, 1.82) is 0 Å². The number of aryl methyl sites for hydroxylation is 2. The van der Waals surface area contributed by atoms with E-state index in [0.29, 0.717) is 5.56 Å². The number of nitrogens with one attached hydrogen (secondary N) is 1. The van der Waals surface area contributed by atoms with Gasteiger partial charge in [0, 0.05) is 0 Å². The predicted octanol–water partition coefficient (Wildman–Crippen LogP) is -0.140. The van der Waals surface area contributed by atoms with Crippen molar-refractivity contribution in [3.63, 3.8) is 0 Å². The number of hydrogen-bond donors (Lipinski definition) is 3. The van der Waals surface area contributed by atoms with Crippen LogP contribution in [0.4, 0.5) is 0 Å². The number of aliphatic imine (C=N–C) groups is 1. The normalized spacial score (nSPS) is 25.4. The van der Waals surface area contributed by atoms with Crippen LogP contribution in [0.2, 0.25) is 0 Å². The number of hydrogen-bond acceptors (Lipinski definition) is 4. The van der Waals surface area contributed by atoms with Crippen molar-refractivity contribution in [1.82, 2.24) is 5.32 Å². The van der Waals surface area contributed by atoms with Gasteiger partial charge in [0.15, 0.2) is 5.54 Å². The second-order valence-corrected chi connectivity index (χ2v) is 5.09. The minimum absolute atomic E-state index is 0.0375. The Kier molecular flexibility index (Phi) is 3.35. The first kappa shape index (κ1) is 14.2. The van der Waals surface area contributed by atoms with Crippen LogP contribution in [-0.4, -0.2) is 23.7 Å². The van der Waals surface area contributed by atoms with Crippen LogP contribution < -0.4 is 16.8 Å². The Morgan fingerprint density at radius 3 is 2.45 bits per heavy atom. The van der Waals surface area contributed by atoms with Gasteiger partial charge in [-0.05, 0) is 31.9 Å². The Balaban J connectivity index is 2.71. The number of carbonyl (C=O) groups excluding carboxylic acids is 2. The van der Waals surface area contributed by atoms with Crippen molar-refractivity contribution in [3.8, 4) is 0 Å². The van der Waals surface area contributed by atoms with Crippen LogP contribution in [-0.2, 0) is 15.1 Å². The molecule has 0 saturated carbocycles. The van der Waals surface area contributed by atoms with E-state index in [1.807, 2.05) is 26.0 Å². The molecule has 20 heavy (non-hydrogen) atoms. The molecular formula is C14H18N4O2. The summed E-state index contributed by atoms with van der Waals surface area (Å²) < 4.78 is 0. The third-order valence-electron chi connectivity index (χ3n) is 3.49. The van der Waals surface area contributed by atoms with Gasteiger partial charge >= 0.3 is 0 Å². The van der Waals surface area contributed by atoms with Gasteiger partial charge < -0.3 is 11.5 Å². The maximum atomic E-state index is 12.1. The fourth-order valence-electron chi connectivity index (χ4n) is 2.71. The smallest absolute Gasteiger partial charge is 0.265 e. The number of rotatable bonds is 3. The fraction of sp³-hybridized carbons (Fsp3) is 0.357. The van der Waals surface area contributed by atoms with E-state index < -0.39 is 23.5 Å². The zero-order valence-corrected chi connectivity index (χ0v) is 11.7. The van der Waals surface area contributed by atoms with Gasteiger partial charge in [-0.3, -0.25) is 19.9 Å². The molecule has 1 heterocycles. The van der Waals surface area contributed by atoms with Gasteiger partial charge in [-0.2, -0.15) is 0 Å². The highest BCUT2D eigenvalue weighted by Gasteiger charge is 2.51. The molecule has 0 saturated heterocycles. The third kappa shape index (κ3) is 1.98. The summed E-state index contributed by atoms with van der Waals surface area (Å²) in [5.41, 5.74) is 12.0. The van der Waals surface area contributed by atoms with Gasteiger partial charge in [-0.1, -0.05) is 23.8 Å². The van der Waals surface area contributed by atoms with Gasteiger partial charge in [0.1, 0.15) is 5.71 Å². The molecular weight excluding hydrogens is 256 g/mol. The average molecular weight is 274 g/mol. The quantitative estimate of drug-likeness (QED) is 0.713. The first-order valence-corrected chi connectivity index (χ1v) is 6.32. The highest BCUT2D eigenvalue weighted by Crippen LogP contribution is 2.31. The Hall–Kier alpha value is -2.21. The second kappa shape index (κ2) is 4.72. The minimum Gasteiger partial charge on any atom is -0.367 e. The van der Waals surface area contributed by atoms with E-state index in [2.05, 4.69) is 10.3 Å². The molecule has 1 aliphatic heterocycles. The van der Waals surface area contributed by atoms with Crippen LogP contribution in [0.25, 0.3) is 0 Å². The van der Waals surface area contributed by atoms with Gasteiger partial charge in [0.2, 0.25) is 5.91 Å². The van der Waals surface area contributed by atoms with Crippen LogP contribution >= 0.6 is 0 Å². The molecule has 0 bridgehead atoms. The molecule has 2 rings (SSSR count). The molecule has 1 aliphatic rings. The van der Waals surface area contributed by atoms with Crippen molar-refractivity contribution >= 4 is 17.5 Å². The number of carbonyl (C=O) groups is 2. The minimum atomic E-state index is -1.46. The molecule has 1 aromatic rings. The molecule has 2 atom stereocenters. The van der Waals surface area contributed by atoms with Gasteiger partial charge in [0.25, 0.3) is 5.91 Å². The molecule has 5 N–H and O–H groups in total. The molecule has 106 valence electrons. The number of nitrogens with zero attached hydrogens (tertiary/aromatic N) is 1. The predicted molar refractivity (Wildman–Crippen MR) is 76.0 cm³/mol. The molecule has 2 amide bonds. The lowest BCUT2D eigenvalue weighted by Gasteiger charge is -2.29. The average Bonchev–Trinajstić information content (AvgIpc) is 2.68. The fourth-order valence-corrected chi connectivity index (χ4v) is 2.71. The standard InChI is InChI=1S/C14H18N4O2/c1-7-4-5-10(8(2)6-7)14(13(16)20)11(12(15)19)17-9(3)18-14/h4-6,9,18H,1-3H3,(H2,15,19)(H2,16,20). The highest BCUT2D eigenvalue weighted by molar-refractivity contribution is 6.46. The van der Waals surface area contributed by atoms with Crippen LogP contribution in [0.3, 0.4) is 0 Å². The third-order valence-corrected chi connectivity index (χ3v) is 3.49. The highest BCUT2D eigenvalue weighted by atomic mass is 16.2. The summed E-state index contributed by atoms with van der Waals surface area (Å²) in [6.45, 7) is 5.54. The number of benzene rings is 1. The Labute approximate surface area is 117 Å². The Morgan fingerprint density at radius 2 is 1.95 bits per heavy atom. The molecule has 0 aliphatic carbocycles. The summed E-state index contributed by atoms with van der Waals surface area (Å²) >= 11 is 0. The first-order chi connectivity index (χ1) is 9.29. The monoisotopic (exact) mass is 274 g/mol. The molecule has 1 aromatic carbocycles. The summed E-state index contributed by atoms with van der Waals surface area (Å²) in [4.78, 5) is 27.9. The first-order valence-electron chi connectivity index (χ1n) is 6.32. The molecule has 0 fully saturated rings. The zero-order chi connectivity index (χ0) is 15.1. The molecule has 0 aromatic heterocycles. The molecule has 0 spiro atoms. The number of primary amides is 2. The Bertz CT molecular complexity index is 624. The lowest BCUT2D eigenvalue weighted by atomic mass is 9.81. The van der Waals surface area contributed by atoms with Gasteiger partial charge in [0.05, 0.1) is 6.17 Å². The lowest BCUT2D eigenvalue weighted by Crippen LogP contribution is -2.59. The van der Waals surface area contributed by atoms with Crippen LogP contribution in [0, 0.1) is 13.8 Å². The molecule has 0 radical (unpaired) electrons. The van der Waals surface area contributed by atoms with Crippen molar-refractivity contribution < 1.29 is 9.59 Å². The van der Waals surface area contributed by atoms with E-state index in [-0.39, 0.29) is 5.71 Å². The van der Waals surface area contributed by atoms with E-state index in [1.54, 1.807) is 13.0 Å². The van der Waals surface area contributed by atoms with E-state index in [9.17, 15) is 9.59 Å². The Morgan fingerprint density at radius 1 is 1.30 bits per heavy atom. The van der Waals surface area contributed by atoms with Crippen LogP contribution in [0.15, 0.2) is 23.2 Å². The second-order valence-electron chi connectivity index (χ2n) is 5.09. The maximum absolute atomic E-state index is 12.1. The van der Waals surface area contributed by atoms with Crippen LogP contribution in [0.1, 0.15) is 23.6 Å². The van der Waals surface area contributed by atoms with Crippen molar-refractivity contribution in [3.05, 3.63) is 34.9 Å². The van der Waals surface area contributed by atoms with Gasteiger partial charge in [-0.25, -0.2) is 0 Å². The van der Waals surface area contributed by atoms with Crippen molar-refractivity contribution in [2.24, 2.45) is 16.5 Å². The van der Waals surface area contributed by atoms with E-state index in [0.717, 1.165) is 11.1 Å². The summed E-state index contributed by atoms with van der Waals surface area (Å²) in [6.07, 6.45) is -0.411. The molecule has 6 nitrogen and oxygen atoms in total. The topological polar surface area (TPSA) is 111 Å². The summed E-state index contributed by atoms with van der Waals surface area (Å²) in [5, 5.41) is 3.00. The van der Waals surface area contributed by atoms with E-state index in [4.69, 9.17) is 11.5 Å². The maximum Gasteiger partial charge on any atom is 0.265 e. The van der Waals surface area contributed by atoms with Crippen molar-refractivity contribution in [2.45, 2.75) is 32.5 Å². The summed E-state index contributed by atoms with van der Waals surface area (Å²) in [5.74, 6) is -1.44. The zero-order valence-electron chi connectivity index (χ0n) is 11.7. The largest absolute Gasteiger partial charge is 0.367 e. The SMILES string of the molecule is Cc1ccc(C2(C(N)=O)NC(C)N=C2C(N)=O)c(C)c1. The van der Waals surface area contributed by atoms with Gasteiger partial charge in [-0.15, -0.1) is 0 Å². The summed E-state index contributed by atoms with van der Waals surface area (Å²) in [6, 6.07) is 5.55. The lowest BCUT2D eigenvalue weighted by molar-refractivity contribution is -0.123. The molecule has 2 unspecified atom stereocenters. The number of nitrogens with two attached hydrogens (primary N) is 2. The van der Waals surface area contributed by atoms with Crippen molar-refractivity contribution in [2.75, 3.05) is 0 Å². The van der Waals surface area contributed by atoms with E-state index >= 15 is 0 Å². The molecule has 6 heteroatoms. The van der Waals surface area contributed by atoms with Crippen LogP contribution in [0.5, 0.6) is 0 Å².